The number of hydrogen-bond acceptors (Lipinski definition) is 3. The predicted octanol–water partition coefficient (Wildman–Crippen LogP) is 3.00. The van der Waals surface area contributed by atoms with E-state index in [0.29, 0.717) is 4.88 Å². The Labute approximate surface area is 133 Å². The molecule has 4 nitrogen and oxygen atoms in total. The number of benzene rings is 1. The molecule has 2 aromatic rings. The van der Waals surface area contributed by atoms with Gasteiger partial charge in [0.1, 0.15) is 0 Å². The normalized spacial score (nSPS) is 13.3. The van der Waals surface area contributed by atoms with Gasteiger partial charge in [-0.3, -0.25) is 9.59 Å². The zero-order chi connectivity index (χ0) is 15.4. The molecular formula is C17H18N2O2S. The summed E-state index contributed by atoms with van der Waals surface area (Å²) in [7, 11) is 0. The van der Waals surface area contributed by atoms with E-state index in [0.717, 1.165) is 24.9 Å². The second-order valence-electron chi connectivity index (χ2n) is 5.36. The second-order valence-corrected chi connectivity index (χ2v) is 6.31. The number of carbonyl (C=O) groups is 2. The summed E-state index contributed by atoms with van der Waals surface area (Å²) in [5.41, 5.74) is 3.45. The Bertz CT molecular complexity index is 680. The third kappa shape index (κ3) is 3.36. The predicted molar refractivity (Wildman–Crippen MR) is 88.4 cm³/mol. The molecule has 0 unspecified atom stereocenters. The van der Waals surface area contributed by atoms with Crippen LogP contribution in [0.5, 0.6) is 0 Å². The van der Waals surface area contributed by atoms with Crippen molar-refractivity contribution in [3.8, 4) is 0 Å². The molecule has 0 radical (unpaired) electrons. The van der Waals surface area contributed by atoms with Gasteiger partial charge in [0.2, 0.25) is 5.91 Å². The van der Waals surface area contributed by atoms with Gasteiger partial charge in [-0.25, -0.2) is 0 Å². The van der Waals surface area contributed by atoms with E-state index in [2.05, 4.69) is 16.7 Å². The van der Waals surface area contributed by atoms with Crippen molar-refractivity contribution in [3.63, 3.8) is 0 Å². The first-order valence-corrected chi connectivity index (χ1v) is 8.34. The van der Waals surface area contributed by atoms with Gasteiger partial charge < -0.3 is 10.6 Å². The Morgan fingerprint density at radius 1 is 1.09 bits per heavy atom. The molecule has 1 aliphatic carbocycles. The van der Waals surface area contributed by atoms with Gasteiger partial charge in [-0.1, -0.05) is 18.2 Å². The number of hydrogen-bond donors (Lipinski definition) is 2. The molecule has 0 aliphatic heterocycles. The monoisotopic (exact) mass is 314 g/mol. The van der Waals surface area contributed by atoms with Crippen molar-refractivity contribution in [1.82, 2.24) is 5.32 Å². The molecule has 5 heteroatoms. The lowest BCUT2D eigenvalue weighted by atomic mass is 9.90. The van der Waals surface area contributed by atoms with Gasteiger partial charge in [-0.2, -0.15) is 0 Å². The average Bonchev–Trinajstić information content (AvgIpc) is 3.07. The Balaban J connectivity index is 1.59. The van der Waals surface area contributed by atoms with E-state index in [1.165, 1.54) is 28.9 Å². The molecule has 0 bridgehead atoms. The fraction of sp³-hybridized carbons (Fsp3) is 0.294. The molecule has 0 spiro atoms. The summed E-state index contributed by atoms with van der Waals surface area (Å²) in [6.07, 6.45) is 4.46. The van der Waals surface area contributed by atoms with Crippen LogP contribution in [0.3, 0.4) is 0 Å². The van der Waals surface area contributed by atoms with Crippen molar-refractivity contribution in [2.45, 2.75) is 25.7 Å². The molecule has 0 saturated heterocycles. The van der Waals surface area contributed by atoms with Crippen molar-refractivity contribution < 1.29 is 9.59 Å². The topological polar surface area (TPSA) is 58.2 Å². The van der Waals surface area contributed by atoms with Crippen molar-refractivity contribution in [2.24, 2.45) is 0 Å². The number of anilines is 1. The highest BCUT2D eigenvalue weighted by Gasteiger charge is 2.15. The molecule has 2 amide bonds. The Kier molecular flexibility index (Phi) is 4.53. The van der Waals surface area contributed by atoms with Crippen molar-refractivity contribution in [3.05, 3.63) is 51.7 Å². The largest absolute Gasteiger partial charge is 0.342 e. The van der Waals surface area contributed by atoms with Gasteiger partial charge in [-0.15, -0.1) is 11.3 Å². The van der Waals surface area contributed by atoms with Gasteiger partial charge in [0.05, 0.1) is 11.4 Å². The number of fused-ring (bicyclic) bond motifs is 1. The van der Waals surface area contributed by atoms with Crippen LogP contribution in [0.15, 0.2) is 35.7 Å². The van der Waals surface area contributed by atoms with Crippen LogP contribution >= 0.6 is 11.3 Å². The molecule has 0 saturated carbocycles. The Hall–Kier alpha value is -2.14. The van der Waals surface area contributed by atoms with Crippen LogP contribution in [-0.2, 0) is 17.6 Å². The number of thiophene rings is 1. The van der Waals surface area contributed by atoms with E-state index in [1.54, 1.807) is 6.07 Å². The minimum atomic E-state index is -0.208. The third-order valence-corrected chi connectivity index (χ3v) is 4.69. The summed E-state index contributed by atoms with van der Waals surface area (Å²) < 4.78 is 0. The molecule has 22 heavy (non-hydrogen) atoms. The lowest BCUT2D eigenvalue weighted by molar-refractivity contribution is -0.115. The maximum absolute atomic E-state index is 12.0. The fourth-order valence-electron chi connectivity index (χ4n) is 2.75. The third-order valence-electron chi connectivity index (χ3n) is 3.82. The number of carbonyl (C=O) groups excluding carboxylic acids is 2. The highest BCUT2D eigenvalue weighted by atomic mass is 32.1. The van der Waals surface area contributed by atoms with Gasteiger partial charge in [0.25, 0.3) is 5.91 Å². The fourth-order valence-corrected chi connectivity index (χ4v) is 3.39. The van der Waals surface area contributed by atoms with E-state index < -0.39 is 0 Å². The molecule has 0 fully saturated rings. The van der Waals surface area contributed by atoms with Crippen molar-refractivity contribution in [1.29, 1.82) is 0 Å². The van der Waals surface area contributed by atoms with Crippen LogP contribution in [0.25, 0.3) is 0 Å². The zero-order valence-corrected chi connectivity index (χ0v) is 13.0. The van der Waals surface area contributed by atoms with Crippen LogP contribution in [0, 0.1) is 0 Å². The average molecular weight is 314 g/mol. The molecule has 3 rings (SSSR count). The van der Waals surface area contributed by atoms with E-state index in [1.807, 2.05) is 23.6 Å². The number of rotatable bonds is 4. The molecular weight excluding hydrogens is 296 g/mol. The van der Waals surface area contributed by atoms with Gasteiger partial charge >= 0.3 is 0 Å². The van der Waals surface area contributed by atoms with E-state index in [4.69, 9.17) is 0 Å². The molecule has 1 aliphatic rings. The molecule has 2 N–H and O–H groups in total. The van der Waals surface area contributed by atoms with Gasteiger partial charge in [0.15, 0.2) is 0 Å². The first kappa shape index (κ1) is 14.8. The molecule has 1 aromatic carbocycles. The zero-order valence-electron chi connectivity index (χ0n) is 12.2. The van der Waals surface area contributed by atoms with Crippen molar-refractivity contribution in [2.75, 3.05) is 11.9 Å². The summed E-state index contributed by atoms with van der Waals surface area (Å²) in [6, 6.07) is 9.59. The molecule has 0 atom stereocenters. The first-order valence-electron chi connectivity index (χ1n) is 7.46. The summed E-state index contributed by atoms with van der Waals surface area (Å²) >= 11 is 1.36. The number of amides is 2. The van der Waals surface area contributed by atoms with Crippen LogP contribution in [0.1, 0.15) is 33.6 Å². The maximum atomic E-state index is 12.0. The van der Waals surface area contributed by atoms with Crippen LogP contribution < -0.4 is 10.6 Å². The SMILES string of the molecule is O=C(CNC(=O)c1cccs1)Nc1cccc2c1CCCC2. The van der Waals surface area contributed by atoms with E-state index in [9.17, 15) is 9.59 Å². The minimum Gasteiger partial charge on any atom is -0.342 e. The maximum Gasteiger partial charge on any atom is 0.261 e. The van der Waals surface area contributed by atoms with Crippen LogP contribution in [-0.4, -0.2) is 18.4 Å². The summed E-state index contributed by atoms with van der Waals surface area (Å²) in [5.74, 6) is -0.399. The van der Waals surface area contributed by atoms with Gasteiger partial charge in [-0.05, 0) is 54.3 Å². The van der Waals surface area contributed by atoms with Gasteiger partial charge in [0, 0.05) is 5.69 Å². The van der Waals surface area contributed by atoms with Crippen LogP contribution in [0.4, 0.5) is 5.69 Å². The van der Waals surface area contributed by atoms with E-state index >= 15 is 0 Å². The molecule has 1 aromatic heterocycles. The standard InChI is InChI=1S/C17H18N2O2S/c20-16(11-18-17(21)15-9-4-10-22-15)19-14-8-3-6-12-5-1-2-7-13(12)14/h3-4,6,8-10H,1-2,5,7,11H2,(H,18,21)(H,19,20). The summed E-state index contributed by atoms with van der Waals surface area (Å²) in [5, 5.41) is 7.40. The lowest BCUT2D eigenvalue weighted by Crippen LogP contribution is -2.32. The first-order chi connectivity index (χ1) is 10.7. The molecule has 1 heterocycles. The quantitative estimate of drug-likeness (QED) is 0.911. The second kappa shape index (κ2) is 6.75. The number of nitrogens with one attached hydrogen (secondary N) is 2. The Morgan fingerprint density at radius 3 is 2.77 bits per heavy atom. The highest BCUT2D eigenvalue weighted by molar-refractivity contribution is 7.12. The van der Waals surface area contributed by atoms with Crippen LogP contribution in [0.2, 0.25) is 0 Å². The Morgan fingerprint density at radius 2 is 1.95 bits per heavy atom. The lowest BCUT2D eigenvalue weighted by Gasteiger charge is -2.19. The minimum absolute atomic E-state index is 0.0135. The summed E-state index contributed by atoms with van der Waals surface area (Å²) in [4.78, 5) is 24.5. The number of aryl methyl sites for hydroxylation is 1. The highest BCUT2D eigenvalue weighted by Crippen LogP contribution is 2.27. The molecule has 114 valence electrons. The van der Waals surface area contributed by atoms with E-state index in [-0.39, 0.29) is 18.4 Å². The smallest absolute Gasteiger partial charge is 0.261 e. The van der Waals surface area contributed by atoms with Crippen molar-refractivity contribution >= 4 is 28.8 Å². The summed E-state index contributed by atoms with van der Waals surface area (Å²) in [6.45, 7) is -0.0135.